The van der Waals surface area contributed by atoms with Gasteiger partial charge in [0.1, 0.15) is 0 Å². The fourth-order valence-electron chi connectivity index (χ4n) is 1.56. The zero-order valence-electron chi connectivity index (χ0n) is 11.9. The number of hydrogen-bond acceptors (Lipinski definition) is 7. The van der Waals surface area contributed by atoms with Crippen LogP contribution in [0.15, 0.2) is 0 Å². The van der Waals surface area contributed by atoms with Crippen LogP contribution in [0.1, 0.15) is 26.7 Å². The van der Waals surface area contributed by atoms with E-state index in [9.17, 15) is 13.2 Å². The van der Waals surface area contributed by atoms with E-state index in [1.165, 1.54) is 0 Å². The first-order valence-corrected chi connectivity index (χ1v) is 6.56. The van der Waals surface area contributed by atoms with Gasteiger partial charge in [0.2, 0.25) is 11.9 Å². The van der Waals surface area contributed by atoms with Crippen LogP contribution in [0.25, 0.3) is 0 Å². The first-order chi connectivity index (χ1) is 9.89. The molecule has 10 heteroatoms. The predicted octanol–water partition coefficient (Wildman–Crippen LogP) is 1.72. The van der Waals surface area contributed by atoms with E-state index in [1.54, 1.807) is 0 Å². The maximum Gasteiger partial charge on any atom is 0.389 e. The number of nitrogens with zero attached hydrogens (tertiary/aromatic N) is 4. The predicted molar refractivity (Wildman–Crippen MR) is 72.0 cm³/mol. The van der Waals surface area contributed by atoms with Crippen LogP contribution in [-0.4, -0.2) is 40.8 Å². The molecule has 0 saturated carbocycles. The molecule has 1 heterocycles. The van der Waals surface area contributed by atoms with E-state index < -0.39 is 12.6 Å². The van der Waals surface area contributed by atoms with Crippen molar-refractivity contribution in [2.45, 2.75) is 32.9 Å². The summed E-state index contributed by atoms with van der Waals surface area (Å²) in [5.74, 6) is 5.71. The SMILES string of the molecule is CCN(CC)c1nc(NN)nc(OCCCC(F)(F)F)n1. The number of nitrogens with two attached hydrogens (primary N) is 1. The fraction of sp³-hybridized carbons (Fsp3) is 0.727. The summed E-state index contributed by atoms with van der Waals surface area (Å²) in [6, 6.07) is -0.0537. The van der Waals surface area contributed by atoms with Gasteiger partial charge >= 0.3 is 12.2 Å². The highest BCUT2D eigenvalue weighted by atomic mass is 19.4. The molecule has 1 aromatic rings. The number of nitrogens with one attached hydrogen (secondary N) is 1. The molecule has 0 aromatic carbocycles. The molecule has 0 fully saturated rings. The average Bonchev–Trinajstić information content (AvgIpc) is 2.44. The van der Waals surface area contributed by atoms with Gasteiger partial charge in [0, 0.05) is 19.5 Å². The molecule has 0 unspecified atom stereocenters. The third-order valence-electron chi connectivity index (χ3n) is 2.61. The average molecular weight is 308 g/mol. The summed E-state index contributed by atoms with van der Waals surface area (Å²) >= 11 is 0. The molecular formula is C11H19F3N6O. The van der Waals surface area contributed by atoms with E-state index in [1.807, 2.05) is 18.7 Å². The van der Waals surface area contributed by atoms with E-state index >= 15 is 0 Å². The second-order valence-corrected chi connectivity index (χ2v) is 4.13. The summed E-state index contributed by atoms with van der Waals surface area (Å²) in [5.41, 5.74) is 2.28. The molecular weight excluding hydrogens is 289 g/mol. The zero-order valence-corrected chi connectivity index (χ0v) is 11.9. The third-order valence-corrected chi connectivity index (χ3v) is 2.61. The molecule has 0 atom stereocenters. The van der Waals surface area contributed by atoms with Crippen molar-refractivity contribution in [3.05, 3.63) is 0 Å². The minimum absolute atomic E-state index is 0.0537. The van der Waals surface area contributed by atoms with Crippen LogP contribution in [0.3, 0.4) is 0 Å². The smallest absolute Gasteiger partial charge is 0.389 e. The molecule has 0 amide bonds. The molecule has 0 saturated heterocycles. The van der Waals surface area contributed by atoms with Crippen molar-refractivity contribution in [3.63, 3.8) is 0 Å². The highest BCUT2D eigenvalue weighted by Crippen LogP contribution is 2.21. The van der Waals surface area contributed by atoms with Gasteiger partial charge < -0.3 is 9.64 Å². The minimum Gasteiger partial charge on any atom is -0.463 e. The lowest BCUT2D eigenvalue weighted by atomic mass is 10.3. The van der Waals surface area contributed by atoms with Crippen LogP contribution in [0.2, 0.25) is 0 Å². The first-order valence-electron chi connectivity index (χ1n) is 6.56. The minimum atomic E-state index is -4.20. The van der Waals surface area contributed by atoms with Gasteiger partial charge in [-0.2, -0.15) is 28.1 Å². The van der Waals surface area contributed by atoms with Crippen molar-refractivity contribution < 1.29 is 17.9 Å². The quantitative estimate of drug-likeness (QED) is 0.429. The molecule has 21 heavy (non-hydrogen) atoms. The van der Waals surface area contributed by atoms with Crippen molar-refractivity contribution in [2.75, 3.05) is 30.0 Å². The number of rotatable bonds is 8. The van der Waals surface area contributed by atoms with Gasteiger partial charge in [-0.05, 0) is 20.3 Å². The van der Waals surface area contributed by atoms with Gasteiger partial charge in [-0.25, -0.2) is 5.84 Å². The second-order valence-electron chi connectivity index (χ2n) is 4.13. The molecule has 3 N–H and O–H groups in total. The Morgan fingerprint density at radius 3 is 2.38 bits per heavy atom. The summed E-state index contributed by atoms with van der Waals surface area (Å²) in [7, 11) is 0. The maximum absolute atomic E-state index is 12.0. The Labute approximate surface area is 120 Å². The van der Waals surface area contributed by atoms with Gasteiger partial charge in [0.25, 0.3) is 0 Å². The molecule has 0 bridgehead atoms. The number of nitrogen functional groups attached to an aromatic ring is 1. The normalized spacial score (nSPS) is 11.3. The number of alkyl halides is 3. The summed E-state index contributed by atoms with van der Waals surface area (Å²) < 4.78 is 41.2. The molecule has 120 valence electrons. The molecule has 0 spiro atoms. The topological polar surface area (TPSA) is 89.2 Å². The monoisotopic (exact) mass is 308 g/mol. The standard InChI is InChI=1S/C11H19F3N6O/c1-3-20(4-2)9-16-8(19-15)17-10(18-9)21-7-5-6-11(12,13)14/h3-7,15H2,1-2H3,(H,16,17,18,19). The molecule has 0 aliphatic carbocycles. The van der Waals surface area contributed by atoms with Crippen molar-refractivity contribution in [2.24, 2.45) is 5.84 Å². The largest absolute Gasteiger partial charge is 0.463 e. The van der Waals surface area contributed by atoms with E-state index in [2.05, 4.69) is 20.4 Å². The van der Waals surface area contributed by atoms with Gasteiger partial charge in [0.15, 0.2) is 0 Å². The Bertz CT molecular complexity index is 438. The molecule has 1 aromatic heterocycles. The van der Waals surface area contributed by atoms with Gasteiger partial charge in [-0.15, -0.1) is 0 Å². The fourth-order valence-corrected chi connectivity index (χ4v) is 1.56. The third kappa shape index (κ3) is 5.98. The van der Waals surface area contributed by atoms with Crippen molar-refractivity contribution >= 4 is 11.9 Å². The van der Waals surface area contributed by atoms with Crippen LogP contribution in [0.5, 0.6) is 6.01 Å². The summed E-state index contributed by atoms with van der Waals surface area (Å²) in [6.07, 6.45) is -5.27. The van der Waals surface area contributed by atoms with Crippen LogP contribution in [-0.2, 0) is 0 Å². The Morgan fingerprint density at radius 1 is 1.19 bits per heavy atom. The Hall–Kier alpha value is -1.84. The van der Waals surface area contributed by atoms with Crippen LogP contribution in [0, 0.1) is 0 Å². The van der Waals surface area contributed by atoms with E-state index in [0.29, 0.717) is 19.0 Å². The number of halogens is 3. The number of anilines is 2. The zero-order chi connectivity index (χ0) is 15.9. The summed E-state index contributed by atoms with van der Waals surface area (Å²) in [6.45, 7) is 5.04. The lowest BCUT2D eigenvalue weighted by molar-refractivity contribution is -0.136. The maximum atomic E-state index is 12.0. The molecule has 0 aliphatic rings. The summed E-state index contributed by atoms with van der Waals surface area (Å²) in [5, 5.41) is 0. The summed E-state index contributed by atoms with van der Waals surface area (Å²) in [4.78, 5) is 13.8. The van der Waals surface area contributed by atoms with Crippen LogP contribution < -0.4 is 20.9 Å². The Kier molecular flexibility index (Phi) is 6.40. The number of ether oxygens (including phenoxy) is 1. The highest BCUT2D eigenvalue weighted by Gasteiger charge is 2.26. The number of hydrazine groups is 1. The number of hydrogen-bond donors (Lipinski definition) is 2. The molecule has 7 nitrogen and oxygen atoms in total. The molecule has 0 aliphatic heterocycles. The Balaban J connectivity index is 2.70. The van der Waals surface area contributed by atoms with E-state index in [-0.39, 0.29) is 25.0 Å². The highest BCUT2D eigenvalue weighted by molar-refractivity contribution is 5.37. The van der Waals surface area contributed by atoms with Gasteiger partial charge in [0.05, 0.1) is 6.61 Å². The first kappa shape index (κ1) is 17.2. The van der Waals surface area contributed by atoms with Crippen LogP contribution >= 0.6 is 0 Å². The Morgan fingerprint density at radius 2 is 1.86 bits per heavy atom. The molecule has 0 radical (unpaired) electrons. The lowest BCUT2D eigenvalue weighted by Gasteiger charge is -2.19. The molecule has 1 rings (SSSR count). The number of aromatic nitrogens is 3. The van der Waals surface area contributed by atoms with Gasteiger partial charge in [-0.1, -0.05) is 0 Å². The van der Waals surface area contributed by atoms with Crippen molar-refractivity contribution in [1.82, 2.24) is 15.0 Å². The van der Waals surface area contributed by atoms with E-state index in [4.69, 9.17) is 10.6 Å². The van der Waals surface area contributed by atoms with Crippen molar-refractivity contribution in [1.29, 1.82) is 0 Å². The van der Waals surface area contributed by atoms with Crippen molar-refractivity contribution in [3.8, 4) is 6.01 Å². The second kappa shape index (κ2) is 7.81. The van der Waals surface area contributed by atoms with Crippen LogP contribution in [0.4, 0.5) is 25.1 Å². The van der Waals surface area contributed by atoms with E-state index in [0.717, 1.165) is 0 Å². The van der Waals surface area contributed by atoms with Gasteiger partial charge in [-0.3, -0.25) is 5.43 Å². The lowest BCUT2D eigenvalue weighted by Crippen LogP contribution is -2.25.